The number of hydrogen-bond donors (Lipinski definition) is 4. The Labute approximate surface area is 190 Å². The van der Waals surface area contributed by atoms with Crippen molar-refractivity contribution in [2.75, 3.05) is 16.0 Å². The van der Waals surface area contributed by atoms with Gasteiger partial charge in [0.25, 0.3) is 5.91 Å². The number of aromatic nitrogens is 2. The number of halogens is 1. The van der Waals surface area contributed by atoms with Crippen LogP contribution in [0.4, 0.5) is 28.8 Å². The molecule has 4 rings (SSSR count). The summed E-state index contributed by atoms with van der Waals surface area (Å²) in [4.78, 5) is 21.6. The fourth-order valence-corrected chi connectivity index (χ4v) is 3.19. The Hall–Kier alpha value is -4.10. The van der Waals surface area contributed by atoms with E-state index in [1.54, 1.807) is 60.8 Å². The van der Waals surface area contributed by atoms with Crippen LogP contribution in [0.3, 0.4) is 0 Å². The van der Waals surface area contributed by atoms with Crippen LogP contribution < -0.4 is 16.0 Å². The fraction of sp³-hybridized carbons (Fsp3) is 0.0417. The molecular formula is C24H20ClN5O2. The summed E-state index contributed by atoms with van der Waals surface area (Å²) in [5, 5.41) is 19.1. The highest BCUT2D eigenvalue weighted by molar-refractivity contribution is 6.34. The van der Waals surface area contributed by atoms with Crippen LogP contribution in [0, 0.1) is 6.92 Å². The lowest BCUT2D eigenvalue weighted by Gasteiger charge is -2.15. The summed E-state index contributed by atoms with van der Waals surface area (Å²) in [5.74, 6) is 0.846. The van der Waals surface area contributed by atoms with Gasteiger partial charge in [0.1, 0.15) is 11.6 Å². The van der Waals surface area contributed by atoms with E-state index in [0.717, 1.165) is 11.3 Å². The van der Waals surface area contributed by atoms with E-state index in [2.05, 4.69) is 25.9 Å². The Bertz CT molecular complexity index is 1260. The second kappa shape index (κ2) is 9.36. The van der Waals surface area contributed by atoms with Crippen molar-refractivity contribution in [1.82, 2.24) is 9.97 Å². The van der Waals surface area contributed by atoms with E-state index in [-0.39, 0.29) is 11.7 Å². The topological polar surface area (TPSA) is 99.2 Å². The average molecular weight is 446 g/mol. The number of rotatable bonds is 6. The van der Waals surface area contributed by atoms with Gasteiger partial charge < -0.3 is 21.1 Å². The molecule has 0 bridgehead atoms. The second-order valence-corrected chi connectivity index (χ2v) is 7.41. The summed E-state index contributed by atoms with van der Waals surface area (Å²) in [7, 11) is 0. The molecule has 4 aromatic rings. The number of carbonyl (C=O) groups excluding carboxylic acids is 1. The van der Waals surface area contributed by atoms with E-state index in [9.17, 15) is 9.90 Å². The largest absolute Gasteiger partial charge is 0.508 e. The molecule has 1 aromatic heterocycles. The third-order valence-electron chi connectivity index (χ3n) is 4.64. The van der Waals surface area contributed by atoms with Crippen molar-refractivity contribution in [3.8, 4) is 5.75 Å². The predicted molar refractivity (Wildman–Crippen MR) is 127 cm³/mol. The Morgan fingerprint density at radius 2 is 1.59 bits per heavy atom. The van der Waals surface area contributed by atoms with E-state index in [4.69, 9.17) is 11.6 Å². The van der Waals surface area contributed by atoms with E-state index < -0.39 is 0 Å². The van der Waals surface area contributed by atoms with Crippen molar-refractivity contribution >= 4 is 46.3 Å². The van der Waals surface area contributed by atoms with E-state index >= 15 is 0 Å². The molecule has 4 N–H and O–H groups in total. The maximum atomic E-state index is 12.7. The van der Waals surface area contributed by atoms with Crippen LogP contribution in [0.1, 0.15) is 15.9 Å². The number of phenols is 1. The third-order valence-corrected chi connectivity index (χ3v) is 4.97. The SMILES string of the molecule is Cc1cnc(Nc2ccc(O)cc2)nc1Nc1ccccc1NC(=O)c1ccccc1Cl. The highest BCUT2D eigenvalue weighted by Gasteiger charge is 2.13. The summed E-state index contributed by atoms with van der Waals surface area (Å²) < 4.78 is 0. The lowest BCUT2D eigenvalue weighted by Crippen LogP contribution is -2.14. The van der Waals surface area contributed by atoms with Crippen molar-refractivity contribution in [2.24, 2.45) is 0 Å². The Kier molecular flexibility index (Phi) is 6.19. The molecule has 3 aromatic carbocycles. The lowest BCUT2D eigenvalue weighted by molar-refractivity contribution is 0.102. The fourth-order valence-electron chi connectivity index (χ4n) is 2.97. The minimum absolute atomic E-state index is 0.179. The lowest BCUT2D eigenvalue weighted by atomic mass is 10.2. The molecule has 0 unspecified atom stereocenters. The molecule has 8 heteroatoms. The number of nitrogens with zero attached hydrogens (tertiary/aromatic N) is 2. The number of carbonyl (C=O) groups is 1. The predicted octanol–water partition coefficient (Wildman–Crippen LogP) is 5.88. The van der Waals surface area contributed by atoms with Crippen LogP contribution in [-0.2, 0) is 0 Å². The summed E-state index contributed by atoms with van der Waals surface area (Å²) in [5.41, 5.74) is 3.22. The molecular weight excluding hydrogens is 426 g/mol. The third kappa shape index (κ3) is 4.96. The zero-order valence-corrected chi connectivity index (χ0v) is 17.9. The van der Waals surface area contributed by atoms with Crippen LogP contribution >= 0.6 is 11.6 Å². The Morgan fingerprint density at radius 3 is 2.34 bits per heavy atom. The van der Waals surface area contributed by atoms with Crippen molar-refractivity contribution in [3.05, 3.63) is 95.1 Å². The van der Waals surface area contributed by atoms with Gasteiger partial charge in [0.15, 0.2) is 0 Å². The summed E-state index contributed by atoms with van der Waals surface area (Å²) in [6.07, 6.45) is 1.70. The number of anilines is 5. The van der Waals surface area contributed by atoms with Crippen LogP contribution in [-0.4, -0.2) is 21.0 Å². The van der Waals surface area contributed by atoms with Crippen molar-refractivity contribution in [3.63, 3.8) is 0 Å². The molecule has 160 valence electrons. The molecule has 0 aliphatic carbocycles. The first-order valence-corrected chi connectivity index (χ1v) is 10.2. The minimum atomic E-state index is -0.307. The maximum absolute atomic E-state index is 12.7. The quantitative estimate of drug-likeness (QED) is 0.276. The number of nitrogens with one attached hydrogen (secondary N) is 3. The van der Waals surface area contributed by atoms with E-state index in [1.807, 2.05) is 25.1 Å². The molecule has 32 heavy (non-hydrogen) atoms. The standard InChI is InChI=1S/C24H20ClN5O2/c1-15-14-26-24(27-16-10-12-17(31)13-11-16)30-22(15)28-20-8-4-5-9-21(20)29-23(32)18-6-2-3-7-19(18)25/h2-14,31H,1H3,(H,29,32)(H2,26,27,28,30). The Morgan fingerprint density at radius 1 is 0.906 bits per heavy atom. The van der Waals surface area contributed by atoms with E-state index in [0.29, 0.717) is 33.7 Å². The smallest absolute Gasteiger partial charge is 0.257 e. The van der Waals surface area contributed by atoms with Gasteiger partial charge in [-0.15, -0.1) is 0 Å². The number of amides is 1. The molecule has 0 spiro atoms. The van der Waals surface area contributed by atoms with Crippen LogP contribution in [0.2, 0.25) is 5.02 Å². The minimum Gasteiger partial charge on any atom is -0.508 e. The first-order valence-electron chi connectivity index (χ1n) is 9.81. The molecule has 0 aliphatic rings. The normalized spacial score (nSPS) is 10.4. The molecule has 0 aliphatic heterocycles. The monoisotopic (exact) mass is 445 g/mol. The number of aromatic hydroxyl groups is 1. The number of phenolic OH excluding ortho intramolecular Hbond substituents is 1. The van der Waals surface area contributed by atoms with Crippen LogP contribution in [0.15, 0.2) is 79.0 Å². The molecule has 0 fully saturated rings. The van der Waals surface area contributed by atoms with Gasteiger partial charge in [-0.25, -0.2) is 4.98 Å². The Balaban J connectivity index is 1.56. The number of benzene rings is 3. The average Bonchev–Trinajstić information content (AvgIpc) is 2.79. The van der Waals surface area contributed by atoms with Gasteiger partial charge in [-0.1, -0.05) is 35.9 Å². The molecule has 7 nitrogen and oxygen atoms in total. The van der Waals surface area contributed by atoms with Crippen LogP contribution in [0.5, 0.6) is 5.75 Å². The van der Waals surface area contributed by atoms with E-state index in [1.165, 1.54) is 0 Å². The second-order valence-electron chi connectivity index (χ2n) is 7.00. The number of para-hydroxylation sites is 2. The summed E-state index contributed by atoms with van der Waals surface area (Å²) >= 11 is 6.15. The highest BCUT2D eigenvalue weighted by atomic mass is 35.5. The van der Waals surface area contributed by atoms with Gasteiger partial charge in [-0.3, -0.25) is 4.79 Å². The van der Waals surface area contributed by atoms with Gasteiger partial charge >= 0.3 is 0 Å². The van der Waals surface area contributed by atoms with Gasteiger partial charge in [-0.2, -0.15) is 4.98 Å². The van der Waals surface area contributed by atoms with Crippen molar-refractivity contribution in [2.45, 2.75) is 6.92 Å². The first-order chi connectivity index (χ1) is 15.5. The molecule has 1 heterocycles. The van der Waals surface area contributed by atoms with Crippen LogP contribution in [0.25, 0.3) is 0 Å². The summed E-state index contributed by atoms with van der Waals surface area (Å²) in [6, 6.07) is 20.8. The molecule has 0 atom stereocenters. The van der Waals surface area contributed by atoms with Gasteiger partial charge in [0.2, 0.25) is 5.95 Å². The highest BCUT2D eigenvalue weighted by Crippen LogP contribution is 2.28. The van der Waals surface area contributed by atoms with Gasteiger partial charge in [-0.05, 0) is 55.5 Å². The van der Waals surface area contributed by atoms with Crippen molar-refractivity contribution in [1.29, 1.82) is 0 Å². The maximum Gasteiger partial charge on any atom is 0.257 e. The van der Waals surface area contributed by atoms with Gasteiger partial charge in [0, 0.05) is 17.4 Å². The molecule has 1 amide bonds. The molecule has 0 radical (unpaired) electrons. The number of hydrogen-bond acceptors (Lipinski definition) is 6. The zero-order valence-electron chi connectivity index (χ0n) is 17.1. The van der Waals surface area contributed by atoms with Gasteiger partial charge in [0.05, 0.1) is 22.0 Å². The van der Waals surface area contributed by atoms with Crippen molar-refractivity contribution < 1.29 is 9.90 Å². The number of aryl methyl sites for hydroxylation is 1. The summed E-state index contributed by atoms with van der Waals surface area (Å²) in [6.45, 7) is 1.89. The molecule has 0 saturated carbocycles. The zero-order chi connectivity index (χ0) is 22.5. The first kappa shape index (κ1) is 21.1. The molecule has 0 saturated heterocycles.